The van der Waals surface area contributed by atoms with Crippen LogP contribution in [0.5, 0.6) is 0 Å². The Morgan fingerprint density at radius 2 is 1.82 bits per heavy atom. The fourth-order valence-corrected chi connectivity index (χ4v) is 5.77. The average Bonchev–Trinajstić information content (AvgIpc) is 3.38. The first-order chi connectivity index (χ1) is 18.7. The molecule has 1 aliphatic heterocycles. The molecule has 0 unspecified atom stereocenters. The number of ketones is 1. The molecule has 0 atom stereocenters. The van der Waals surface area contributed by atoms with E-state index in [0.29, 0.717) is 16.6 Å². The molecule has 0 bridgehead atoms. The summed E-state index contributed by atoms with van der Waals surface area (Å²) in [5, 5.41) is 3.69. The zero-order valence-corrected chi connectivity index (χ0v) is 22.4. The van der Waals surface area contributed by atoms with E-state index in [1.54, 1.807) is 25.4 Å². The highest BCUT2D eigenvalue weighted by Crippen LogP contribution is 2.29. The molecule has 204 valence electrons. The van der Waals surface area contributed by atoms with Crippen LogP contribution >= 0.6 is 0 Å². The zero-order valence-electron chi connectivity index (χ0n) is 21.5. The molecule has 4 heterocycles. The molecule has 12 heteroatoms. The van der Waals surface area contributed by atoms with Crippen LogP contribution in [0.2, 0.25) is 0 Å². The first-order valence-electron chi connectivity index (χ1n) is 12.5. The van der Waals surface area contributed by atoms with E-state index in [1.807, 2.05) is 12.1 Å². The summed E-state index contributed by atoms with van der Waals surface area (Å²) in [5.41, 5.74) is 0.751. The number of benzene rings is 1. The molecule has 0 saturated carbocycles. The fraction of sp³-hybridized carbons (Fsp3) is 0.296. The van der Waals surface area contributed by atoms with Gasteiger partial charge >= 0.3 is 0 Å². The van der Waals surface area contributed by atoms with Gasteiger partial charge in [-0.05, 0) is 24.3 Å². The molecule has 1 aliphatic rings. The minimum Gasteiger partial charge on any atom is -0.354 e. The van der Waals surface area contributed by atoms with E-state index in [-0.39, 0.29) is 17.7 Å². The number of piperazine rings is 1. The van der Waals surface area contributed by atoms with Gasteiger partial charge in [0.2, 0.25) is 15.8 Å². The van der Waals surface area contributed by atoms with Crippen molar-refractivity contribution in [1.82, 2.24) is 24.6 Å². The first-order valence-corrected chi connectivity index (χ1v) is 14.2. The number of hydrogen-bond donors (Lipinski definition) is 2. The molecule has 0 aliphatic carbocycles. The number of nitrogens with one attached hydrogen (secondary N) is 2. The second-order valence-corrected chi connectivity index (χ2v) is 11.4. The van der Waals surface area contributed by atoms with Gasteiger partial charge in [0.05, 0.1) is 11.3 Å². The van der Waals surface area contributed by atoms with Crippen LogP contribution in [0.15, 0.2) is 48.9 Å². The number of anilines is 1. The highest BCUT2D eigenvalue weighted by Gasteiger charge is 2.27. The second kappa shape index (κ2) is 10.8. The SMILES string of the molecule is CCN(C)S(=O)(=O)Cc1ccc(F)c(C(=O)c2c[nH]c3ncc(-c4ccc(N5CCNCC5)nc4)cc23)c1F. The third-order valence-electron chi connectivity index (χ3n) is 6.95. The zero-order chi connectivity index (χ0) is 27.7. The predicted molar refractivity (Wildman–Crippen MR) is 145 cm³/mol. The Kier molecular flexibility index (Phi) is 7.43. The van der Waals surface area contributed by atoms with Gasteiger partial charge in [-0.3, -0.25) is 4.79 Å². The van der Waals surface area contributed by atoms with Crippen molar-refractivity contribution >= 4 is 32.7 Å². The molecule has 1 saturated heterocycles. The van der Waals surface area contributed by atoms with Crippen molar-refractivity contribution in [2.75, 3.05) is 44.7 Å². The summed E-state index contributed by atoms with van der Waals surface area (Å²) in [7, 11) is -2.48. The molecule has 4 aromatic rings. The summed E-state index contributed by atoms with van der Waals surface area (Å²) in [6.07, 6.45) is 4.71. The maximum atomic E-state index is 15.4. The molecule has 0 amide bonds. The number of nitrogens with zero attached hydrogens (tertiary/aromatic N) is 4. The topological polar surface area (TPSA) is 111 Å². The Labute approximate surface area is 224 Å². The molecule has 2 N–H and O–H groups in total. The second-order valence-electron chi connectivity index (χ2n) is 9.36. The normalized spacial score (nSPS) is 14.3. The van der Waals surface area contributed by atoms with E-state index in [1.165, 1.54) is 13.2 Å². The van der Waals surface area contributed by atoms with Gasteiger partial charge in [-0.25, -0.2) is 31.5 Å². The standard InChI is InChI=1S/C27H28F2N6O3S/c1-3-34(2)39(37,38)16-18-4-6-22(28)24(25(18)29)26(36)21-15-33-27-20(21)12-19(14-32-27)17-5-7-23(31-13-17)35-10-8-30-9-11-35/h4-7,12-15,30H,3,8-11,16H2,1-2H3,(H,32,33). The van der Waals surface area contributed by atoms with E-state index in [9.17, 15) is 17.6 Å². The number of carbonyl (C=O) groups excluding carboxylic acids is 1. The van der Waals surface area contributed by atoms with E-state index in [4.69, 9.17) is 0 Å². The Bertz CT molecular complexity index is 1630. The van der Waals surface area contributed by atoms with Crippen molar-refractivity contribution in [2.24, 2.45) is 0 Å². The van der Waals surface area contributed by atoms with Crippen LogP contribution in [-0.2, 0) is 15.8 Å². The number of hydrogen-bond acceptors (Lipinski definition) is 7. The number of halogens is 2. The average molecular weight is 555 g/mol. The lowest BCUT2D eigenvalue weighted by atomic mass is 9.99. The molecule has 0 radical (unpaired) electrons. The van der Waals surface area contributed by atoms with Crippen molar-refractivity contribution in [3.05, 3.63) is 77.2 Å². The Morgan fingerprint density at radius 1 is 1.08 bits per heavy atom. The molecule has 3 aromatic heterocycles. The van der Waals surface area contributed by atoms with E-state index < -0.39 is 38.8 Å². The molecule has 5 rings (SSSR count). The third kappa shape index (κ3) is 5.27. The lowest BCUT2D eigenvalue weighted by Crippen LogP contribution is -2.43. The quantitative estimate of drug-likeness (QED) is 0.322. The van der Waals surface area contributed by atoms with Gasteiger partial charge in [0.25, 0.3) is 0 Å². The minimum atomic E-state index is -3.85. The number of sulfonamides is 1. The Morgan fingerprint density at radius 3 is 2.51 bits per heavy atom. The van der Waals surface area contributed by atoms with Crippen LogP contribution < -0.4 is 10.2 Å². The first kappa shape index (κ1) is 26.9. The fourth-order valence-electron chi connectivity index (χ4n) is 4.54. The highest BCUT2D eigenvalue weighted by atomic mass is 32.2. The number of pyridine rings is 2. The van der Waals surface area contributed by atoms with Gasteiger partial charge in [0, 0.05) is 86.0 Å². The van der Waals surface area contributed by atoms with Crippen LogP contribution in [0.3, 0.4) is 0 Å². The molecule has 1 fully saturated rings. The number of fused-ring (bicyclic) bond motifs is 1. The summed E-state index contributed by atoms with van der Waals surface area (Å²) < 4.78 is 56.3. The largest absolute Gasteiger partial charge is 0.354 e. The molecule has 0 spiro atoms. The summed E-state index contributed by atoms with van der Waals surface area (Å²) >= 11 is 0. The molecule has 39 heavy (non-hydrogen) atoms. The summed E-state index contributed by atoms with van der Waals surface area (Å²) in [6, 6.07) is 7.52. The maximum Gasteiger partial charge on any atom is 0.218 e. The van der Waals surface area contributed by atoms with Crippen molar-refractivity contribution in [3.8, 4) is 11.1 Å². The van der Waals surface area contributed by atoms with Crippen molar-refractivity contribution in [3.63, 3.8) is 0 Å². The van der Waals surface area contributed by atoms with Gasteiger partial charge in [-0.15, -0.1) is 0 Å². The molecular formula is C27H28F2N6O3S. The summed E-state index contributed by atoms with van der Waals surface area (Å²) in [4.78, 5) is 27.4. The van der Waals surface area contributed by atoms with Crippen molar-refractivity contribution < 1.29 is 22.0 Å². The van der Waals surface area contributed by atoms with E-state index in [2.05, 4.69) is 25.2 Å². The van der Waals surface area contributed by atoms with Crippen molar-refractivity contribution in [2.45, 2.75) is 12.7 Å². The summed E-state index contributed by atoms with van der Waals surface area (Å²) in [6.45, 7) is 5.35. The van der Waals surface area contributed by atoms with Crippen LogP contribution in [0.25, 0.3) is 22.2 Å². The molecule has 1 aromatic carbocycles. The van der Waals surface area contributed by atoms with Crippen LogP contribution in [-0.4, -0.2) is 73.2 Å². The maximum absolute atomic E-state index is 15.4. The van der Waals surface area contributed by atoms with Gasteiger partial charge in [-0.1, -0.05) is 13.0 Å². The lowest BCUT2D eigenvalue weighted by Gasteiger charge is -2.28. The van der Waals surface area contributed by atoms with Gasteiger partial charge < -0.3 is 15.2 Å². The highest BCUT2D eigenvalue weighted by molar-refractivity contribution is 7.88. The molecular weight excluding hydrogens is 526 g/mol. The van der Waals surface area contributed by atoms with E-state index >= 15 is 4.39 Å². The Balaban J connectivity index is 1.48. The smallest absolute Gasteiger partial charge is 0.218 e. The monoisotopic (exact) mass is 554 g/mol. The third-order valence-corrected chi connectivity index (χ3v) is 8.84. The number of H-pyrrole nitrogens is 1. The number of carbonyl (C=O) groups is 1. The van der Waals surface area contributed by atoms with Crippen LogP contribution in [0.1, 0.15) is 28.4 Å². The summed E-state index contributed by atoms with van der Waals surface area (Å²) in [5.74, 6) is -3.01. The van der Waals surface area contributed by atoms with Crippen molar-refractivity contribution in [1.29, 1.82) is 0 Å². The van der Waals surface area contributed by atoms with Gasteiger partial charge in [0.15, 0.2) is 0 Å². The van der Waals surface area contributed by atoms with Gasteiger partial charge in [-0.2, -0.15) is 0 Å². The lowest BCUT2D eigenvalue weighted by molar-refractivity contribution is 0.103. The number of aromatic amines is 1. The Hall–Kier alpha value is -3.74. The number of aromatic nitrogens is 3. The molecule has 9 nitrogen and oxygen atoms in total. The minimum absolute atomic E-state index is 0.0215. The van der Waals surface area contributed by atoms with E-state index in [0.717, 1.165) is 54.0 Å². The predicted octanol–water partition coefficient (Wildman–Crippen LogP) is 3.33. The van der Waals surface area contributed by atoms with Crippen LogP contribution in [0.4, 0.5) is 14.6 Å². The van der Waals surface area contributed by atoms with Gasteiger partial charge in [0.1, 0.15) is 23.1 Å². The van der Waals surface area contributed by atoms with Crippen LogP contribution in [0, 0.1) is 11.6 Å². The number of rotatable bonds is 8.